The van der Waals surface area contributed by atoms with Crippen molar-refractivity contribution in [2.75, 3.05) is 18.1 Å². The number of pyridine rings is 1. The van der Waals surface area contributed by atoms with E-state index < -0.39 is 5.97 Å². The molecule has 34 heavy (non-hydrogen) atoms. The smallest absolute Gasteiger partial charge is 0.339 e. The number of aromatic nitrogens is 1. The van der Waals surface area contributed by atoms with E-state index in [9.17, 15) is 9.59 Å². The van der Waals surface area contributed by atoms with Crippen LogP contribution in [0, 0.1) is 0 Å². The molecule has 1 amide bonds. The van der Waals surface area contributed by atoms with Crippen LogP contribution in [0.25, 0.3) is 21.7 Å². The number of anilines is 1. The Labute approximate surface area is 200 Å². The number of carbonyl (C=O) groups is 2. The number of esters is 1. The fraction of sp³-hybridized carbons (Fsp3) is 0.276. The van der Waals surface area contributed by atoms with E-state index >= 15 is 0 Å². The number of amides is 1. The molecule has 0 aliphatic rings. The minimum Gasteiger partial charge on any atom is -0.452 e. The summed E-state index contributed by atoms with van der Waals surface area (Å²) in [6.45, 7) is 6.19. The molecule has 0 unspecified atom stereocenters. The Balaban J connectivity index is 1.63. The first-order chi connectivity index (χ1) is 16.6. The van der Waals surface area contributed by atoms with E-state index in [4.69, 9.17) is 9.72 Å². The number of rotatable bonds is 8. The molecule has 0 aliphatic heterocycles. The number of nitrogens with zero attached hydrogens (tertiary/aromatic N) is 2. The zero-order valence-corrected chi connectivity index (χ0v) is 20.0. The van der Waals surface area contributed by atoms with Gasteiger partial charge in [-0.25, -0.2) is 4.79 Å². The Hall–Kier alpha value is -3.73. The van der Waals surface area contributed by atoms with Crippen molar-refractivity contribution in [1.82, 2.24) is 4.98 Å². The second-order valence-corrected chi connectivity index (χ2v) is 8.25. The van der Waals surface area contributed by atoms with Crippen LogP contribution in [0.2, 0.25) is 0 Å². The zero-order chi connectivity index (χ0) is 24.1. The minimum absolute atomic E-state index is 0.252. The monoisotopic (exact) mass is 454 g/mol. The van der Waals surface area contributed by atoms with Crippen molar-refractivity contribution in [1.29, 1.82) is 0 Å². The Morgan fingerprint density at radius 3 is 2.32 bits per heavy atom. The lowest BCUT2D eigenvalue weighted by molar-refractivity contribution is -0.121. The molecule has 1 heterocycles. The summed E-state index contributed by atoms with van der Waals surface area (Å²) >= 11 is 0. The van der Waals surface area contributed by atoms with Gasteiger partial charge >= 0.3 is 5.97 Å². The van der Waals surface area contributed by atoms with E-state index in [2.05, 4.69) is 6.92 Å². The lowest BCUT2D eigenvalue weighted by Crippen LogP contribution is -2.34. The number of likely N-dealkylation sites (N-methyl/N-ethyl adjacent to an activating group) is 1. The maximum atomic E-state index is 13.3. The number of aryl methyl sites for hydroxylation is 1. The molecule has 0 N–H and O–H groups in total. The van der Waals surface area contributed by atoms with Crippen LogP contribution in [0.1, 0.15) is 48.8 Å². The van der Waals surface area contributed by atoms with E-state index in [1.54, 1.807) is 4.90 Å². The molecule has 0 saturated carbocycles. The van der Waals surface area contributed by atoms with Crippen molar-refractivity contribution in [3.8, 4) is 0 Å². The van der Waals surface area contributed by atoms with Gasteiger partial charge in [-0.05, 0) is 42.8 Å². The highest BCUT2D eigenvalue weighted by atomic mass is 16.5. The van der Waals surface area contributed by atoms with Crippen LogP contribution in [0.3, 0.4) is 0 Å². The van der Waals surface area contributed by atoms with E-state index in [-0.39, 0.29) is 12.5 Å². The number of hydrogen-bond acceptors (Lipinski definition) is 4. The third kappa shape index (κ3) is 4.51. The third-order valence-electron chi connectivity index (χ3n) is 6.12. The molecule has 0 radical (unpaired) electrons. The SMILES string of the molecule is CCCc1nc2ccccc2c(C(=O)OCC(=O)N(CC)c2cccc3ccccc23)c1CC. The molecule has 5 heteroatoms. The molecule has 0 saturated heterocycles. The van der Waals surface area contributed by atoms with Crippen molar-refractivity contribution in [3.05, 3.63) is 83.6 Å². The molecule has 0 atom stereocenters. The number of benzene rings is 3. The van der Waals surface area contributed by atoms with Gasteiger partial charge in [0.15, 0.2) is 6.61 Å². The highest BCUT2D eigenvalue weighted by Crippen LogP contribution is 2.28. The van der Waals surface area contributed by atoms with Crippen LogP contribution >= 0.6 is 0 Å². The normalized spacial score (nSPS) is 11.0. The molecule has 3 aromatic carbocycles. The van der Waals surface area contributed by atoms with Crippen LogP contribution in [-0.2, 0) is 22.4 Å². The lowest BCUT2D eigenvalue weighted by Gasteiger charge is -2.23. The van der Waals surface area contributed by atoms with E-state index in [0.717, 1.165) is 51.5 Å². The first-order valence-electron chi connectivity index (χ1n) is 11.9. The highest BCUT2D eigenvalue weighted by molar-refractivity contribution is 6.07. The molecule has 4 aromatic rings. The van der Waals surface area contributed by atoms with E-state index in [1.807, 2.05) is 80.6 Å². The van der Waals surface area contributed by atoms with Gasteiger partial charge < -0.3 is 9.64 Å². The Bertz CT molecular complexity index is 1340. The van der Waals surface area contributed by atoms with Gasteiger partial charge in [-0.2, -0.15) is 0 Å². The molecule has 5 nitrogen and oxygen atoms in total. The van der Waals surface area contributed by atoms with Crippen molar-refractivity contribution < 1.29 is 14.3 Å². The summed E-state index contributed by atoms with van der Waals surface area (Å²) in [5.41, 5.74) is 3.94. The zero-order valence-electron chi connectivity index (χ0n) is 20.0. The average Bonchev–Trinajstić information content (AvgIpc) is 2.87. The first kappa shape index (κ1) is 23.4. The molecule has 0 aliphatic carbocycles. The van der Waals surface area contributed by atoms with Crippen molar-refractivity contribution >= 4 is 39.2 Å². The summed E-state index contributed by atoms with van der Waals surface area (Å²) in [6.07, 6.45) is 2.39. The quantitative estimate of drug-likeness (QED) is 0.301. The van der Waals surface area contributed by atoms with Gasteiger partial charge in [0.25, 0.3) is 5.91 Å². The van der Waals surface area contributed by atoms with Gasteiger partial charge in [0.2, 0.25) is 0 Å². The van der Waals surface area contributed by atoms with Crippen LogP contribution in [0.4, 0.5) is 5.69 Å². The number of fused-ring (bicyclic) bond motifs is 2. The van der Waals surface area contributed by atoms with Crippen molar-refractivity contribution in [2.24, 2.45) is 0 Å². The Morgan fingerprint density at radius 1 is 0.882 bits per heavy atom. The number of carbonyl (C=O) groups excluding carboxylic acids is 2. The summed E-state index contributed by atoms with van der Waals surface area (Å²) in [4.78, 5) is 33.0. The van der Waals surface area contributed by atoms with Gasteiger partial charge in [-0.3, -0.25) is 9.78 Å². The number of para-hydroxylation sites is 1. The Morgan fingerprint density at radius 2 is 1.59 bits per heavy atom. The minimum atomic E-state index is -0.477. The van der Waals surface area contributed by atoms with Gasteiger partial charge in [0.1, 0.15) is 0 Å². The average molecular weight is 455 g/mol. The largest absolute Gasteiger partial charge is 0.452 e. The van der Waals surface area contributed by atoms with Gasteiger partial charge in [0.05, 0.1) is 16.8 Å². The number of hydrogen-bond donors (Lipinski definition) is 0. The molecule has 1 aromatic heterocycles. The predicted octanol–water partition coefficient (Wildman–Crippen LogP) is 6.11. The van der Waals surface area contributed by atoms with E-state index in [0.29, 0.717) is 18.5 Å². The second kappa shape index (κ2) is 10.5. The van der Waals surface area contributed by atoms with Crippen LogP contribution in [0.15, 0.2) is 66.7 Å². The maximum absolute atomic E-state index is 13.3. The lowest BCUT2D eigenvalue weighted by atomic mass is 9.96. The summed E-state index contributed by atoms with van der Waals surface area (Å²) in [6, 6.07) is 21.4. The molecular weight excluding hydrogens is 424 g/mol. The van der Waals surface area contributed by atoms with Gasteiger partial charge in [0, 0.05) is 23.0 Å². The molecule has 0 spiro atoms. The maximum Gasteiger partial charge on any atom is 0.339 e. The topological polar surface area (TPSA) is 59.5 Å². The van der Waals surface area contributed by atoms with Gasteiger partial charge in [-0.1, -0.05) is 74.9 Å². The first-order valence-corrected chi connectivity index (χ1v) is 11.9. The fourth-order valence-electron chi connectivity index (χ4n) is 4.56. The summed E-state index contributed by atoms with van der Waals surface area (Å²) in [5, 5.41) is 2.81. The summed E-state index contributed by atoms with van der Waals surface area (Å²) in [7, 11) is 0. The summed E-state index contributed by atoms with van der Waals surface area (Å²) in [5.74, 6) is -0.729. The van der Waals surface area contributed by atoms with E-state index in [1.165, 1.54) is 0 Å². The van der Waals surface area contributed by atoms with Crippen molar-refractivity contribution in [3.63, 3.8) is 0 Å². The number of ether oxygens (including phenoxy) is 1. The molecule has 0 fully saturated rings. The molecule has 4 rings (SSSR count). The fourth-order valence-corrected chi connectivity index (χ4v) is 4.56. The summed E-state index contributed by atoms with van der Waals surface area (Å²) < 4.78 is 5.63. The Kier molecular flexibility index (Phi) is 7.21. The molecule has 0 bridgehead atoms. The molecule has 174 valence electrons. The van der Waals surface area contributed by atoms with Crippen molar-refractivity contribution in [2.45, 2.75) is 40.0 Å². The van der Waals surface area contributed by atoms with Crippen LogP contribution in [0.5, 0.6) is 0 Å². The third-order valence-corrected chi connectivity index (χ3v) is 6.12. The predicted molar refractivity (Wildman–Crippen MR) is 137 cm³/mol. The highest BCUT2D eigenvalue weighted by Gasteiger charge is 2.23. The standard InChI is InChI=1S/C29H30N2O3/c1-4-12-24-21(5-2)28(23-16-9-10-17-25(23)30-24)29(33)34-19-27(32)31(6-3)26-18-11-14-20-13-7-8-15-22(20)26/h7-11,13-18H,4-6,12,19H2,1-3H3. The van der Waals surface area contributed by atoms with Crippen LogP contribution < -0.4 is 4.90 Å². The van der Waals surface area contributed by atoms with Gasteiger partial charge in [-0.15, -0.1) is 0 Å². The second-order valence-electron chi connectivity index (χ2n) is 8.25. The molecular formula is C29H30N2O3. The van der Waals surface area contributed by atoms with Crippen LogP contribution in [-0.4, -0.2) is 30.0 Å².